The molecule has 0 aliphatic carbocycles. The van der Waals surface area contributed by atoms with Gasteiger partial charge in [-0.15, -0.1) is 0 Å². The van der Waals surface area contributed by atoms with Crippen LogP contribution in [-0.2, 0) is 4.79 Å². The van der Waals surface area contributed by atoms with Crippen LogP contribution in [0, 0.1) is 13.8 Å². The van der Waals surface area contributed by atoms with Gasteiger partial charge >= 0.3 is 5.97 Å². The first-order chi connectivity index (χ1) is 11.3. The van der Waals surface area contributed by atoms with Gasteiger partial charge in [-0.1, -0.05) is 0 Å². The van der Waals surface area contributed by atoms with Gasteiger partial charge in [-0.25, -0.2) is 4.98 Å². The van der Waals surface area contributed by atoms with Crippen LogP contribution in [0.25, 0.3) is 0 Å². The molecule has 0 spiro atoms. The number of nitrogens with one attached hydrogen (secondary N) is 2. The standard InChI is InChI=1S/C16H17N3O5/c1-8-13(24-10(3)17-8)15(21)19-12-6-4-11(5-7-12)14(20)18-9(2)16(22)23/h4-7,9H,1-3H3,(H,18,20)(H,19,21)(H,22,23). The van der Waals surface area contributed by atoms with Crippen molar-refractivity contribution >= 4 is 23.5 Å². The summed E-state index contributed by atoms with van der Waals surface area (Å²) in [6.45, 7) is 4.69. The van der Waals surface area contributed by atoms with Crippen molar-refractivity contribution in [2.75, 3.05) is 5.32 Å². The van der Waals surface area contributed by atoms with Crippen LogP contribution in [0.5, 0.6) is 0 Å². The van der Waals surface area contributed by atoms with Crippen LogP contribution in [0.1, 0.15) is 39.4 Å². The molecule has 0 bridgehead atoms. The highest BCUT2D eigenvalue weighted by atomic mass is 16.4. The molecule has 0 saturated heterocycles. The van der Waals surface area contributed by atoms with Crippen molar-refractivity contribution in [3.63, 3.8) is 0 Å². The normalized spacial score (nSPS) is 11.6. The lowest BCUT2D eigenvalue weighted by Crippen LogP contribution is -2.38. The first-order valence-electron chi connectivity index (χ1n) is 7.17. The Hall–Kier alpha value is -3.16. The number of carbonyl (C=O) groups is 3. The molecule has 2 rings (SSSR count). The van der Waals surface area contributed by atoms with E-state index in [9.17, 15) is 14.4 Å². The minimum Gasteiger partial charge on any atom is -0.480 e. The zero-order valence-corrected chi connectivity index (χ0v) is 13.4. The molecule has 1 unspecified atom stereocenters. The van der Waals surface area contributed by atoms with E-state index in [2.05, 4.69) is 15.6 Å². The van der Waals surface area contributed by atoms with Crippen LogP contribution < -0.4 is 10.6 Å². The number of aromatic nitrogens is 1. The number of carboxylic acid groups (broad SMARTS) is 1. The number of amides is 2. The molecule has 24 heavy (non-hydrogen) atoms. The van der Waals surface area contributed by atoms with E-state index in [-0.39, 0.29) is 11.3 Å². The Labute approximate surface area is 137 Å². The highest BCUT2D eigenvalue weighted by Crippen LogP contribution is 2.14. The smallest absolute Gasteiger partial charge is 0.325 e. The van der Waals surface area contributed by atoms with Crippen LogP contribution in [0.2, 0.25) is 0 Å². The summed E-state index contributed by atoms with van der Waals surface area (Å²) in [6, 6.07) is 5.05. The lowest BCUT2D eigenvalue weighted by Gasteiger charge is -2.10. The molecule has 8 nitrogen and oxygen atoms in total. The van der Waals surface area contributed by atoms with Crippen molar-refractivity contribution in [2.45, 2.75) is 26.8 Å². The number of carboxylic acids is 1. The number of rotatable bonds is 5. The van der Waals surface area contributed by atoms with E-state index < -0.39 is 23.8 Å². The number of carbonyl (C=O) groups excluding carboxylic acids is 2. The van der Waals surface area contributed by atoms with E-state index in [4.69, 9.17) is 9.52 Å². The number of benzene rings is 1. The zero-order chi connectivity index (χ0) is 17.9. The number of oxazole rings is 1. The first kappa shape index (κ1) is 17.2. The van der Waals surface area contributed by atoms with Crippen molar-refractivity contribution in [3.8, 4) is 0 Å². The van der Waals surface area contributed by atoms with Gasteiger partial charge in [-0.3, -0.25) is 14.4 Å². The predicted molar refractivity (Wildman–Crippen MR) is 84.9 cm³/mol. The number of nitrogens with zero attached hydrogens (tertiary/aromatic N) is 1. The number of aliphatic carboxylic acids is 1. The molecule has 0 saturated carbocycles. The molecule has 1 heterocycles. The van der Waals surface area contributed by atoms with Crippen molar-refractivity contribution in [1.82, 2.24) is 10.3 Å². The molecule has 3 N–H and O–H groups in total. The quantitative estimate of drug-likeness (QED) is 0.767. The van der Waals surface area contributed by atoms with Gasteiger partial charge in [0.15, 0.2) is 5.89 Å². The molecule has 1 aromatic heterocycles. The molecule has 126 valence electrons. The lowest BCUT2D eigenvalue weighted by molar-refractivity contribution is -0.138. The van der Waals surface area contributed by atoms with E-state index in [1.807, 2.05) is 0 Å². The summed E-state index contributed by atoms with van der Waals surface area (Å²) >= 11 is 0. The van der Waals surface area contributed by atoms with E-state index in [1.165, 1.54) is 31.2 Å². The summed E-state index contributed by atoms with van der Waals surface area (Å²) in [5.41, 5.74) is 1.24. The molecule has 1 atom stereocenters. The van der Waals surface area contributed by atoms with Gasteiger partial charge in [-0.2, -0.15) is 0 Å². The zero-order valence-electron chi connectivity index (χ0n) is 13.4. The maximum Gasteiger partial charge on any atom is 0.325 e. The van der Waals surface area contributed by atoms with E-state index in [0.717, 1.165) is 0 Å². The second-order valence-electron chi connectivity index (χ2n) is 5.21. The third-order valence-corrected chi connectivity index (χ3v) is 3.23. The van der Waals surface area contributed by atoms with E-state index in [1.54, 1.807) is 13.8 Å². The van der Waals surface area contributed by atoms with Crippen LogP contribution >= 0.6 is 0 Å². The van der Waals surface area contributed by atoms with Gasteiger partial charge in [0.05, 0.1) is 5.69 Å². The summed E-state index contributed by atoms with van der Waals surface area (Å²) < 4.78 is 5.23. The maximum atomic E-state index is 12.1. The van der Waals surface area contributed by atoms with Gasteiger partial charge in [0, 0.05) is 18.2 Å². The monoisotopic (exact) mass is 331 g/mol. The summed E-state index contributed by atoms with van der Waals surface area (Å²) in [5.74, 6) is -1.54. The van der Waals surface area contributed by atoms with E-state index >= 15 is 0 Å². The van der Waals surface area contributed by atoms with Crippen molar-refractivity contribution in [1.29, 1.82) is 0 Å². The molecule has 0 radical (unpaired) electrons. The molecular weight excluding hydrogens is 314 g/mol. The van der Waals surface area contributed by atoms with Gasteiger partial charge in [0.25, 0.3) is 11.8 Å². The molecule has 2 amide bonds. The molecule has 0 aliphatic rings. The number of hydrogen-bond donors (Lipinski definition) is 3. The lowest BCUT2D eigenvalue weighted by atomic mass is 10.1. The van der Waals surface area contributed by atoms with Crippen molar-refractivity contribution < 1.29 is 23.9 Å². The third kappa shape index (κ3) is 3.97. The first-order valence-corrected chi connectivity index (χ1v) is 7.17. The molecule has 8 heteroatoms. The third-order valence-electron chi connectivity index (χ3n) is 3.23. The average Bonchev–Trinajstić information content (AvgIpc) is 2.86. The molecule has 2 aromatic rings. The SMILES string of the molecule is Cc1nc(C)c(C(=O)Nc2ccc(C(=O)NC(C)C(=O)O)cc2)o1. The van der Waals surface area contributed by atoms with Crippen LogP contribution in [0.3, 0.4) is 0 Å². The summed E-state index contributed by atoms with van der Waals surface area (Å²) in [7, 11) is 0. The van der Waals surface area contributed by atoms with Crippen molar-refractivity contribution in [3.05, 3.63) is 47.2 Å². The summed E-state index contributed by atoms with van der Waals surface area (Å²) in [6.07, 6.45) is 0. The molecule has 0 aliphatic heterocycles. The Bertz CT molecular complexity index is 780. The van der Waals surface area contributed by atoms with Gasteiger partial charge in [-0.05, 0) is 38.1 Å². The summed E-state index contributed by atoms with van der Waals surface area (Å²) in [5, 5.41) is 13.8. The predicted octanol–water partition coefficient (Wildman–Crippen LogP) is 1.75. The van der Waals surface area contributed by atoms with Gasteiger partial charge < -0.3 is 20.2 Å². The molecule has 1 aromatic carbocycles. The Morgan fingerprint density at radius 3 is 2.25 bits per heavy atom. The van der Waals surface area contributed by atoms with Crippen LogP contribution in [0.15, 0.2) is 28.7 Å². The fourth-order valence-electron chi connectivity index (χ4n) is 1.98. The Balaban J connectivity index is 2.04. The topological polar surface area (TPSA) is 122 Å². The molecule has 0 fully saturated rings. The Morgan fingerprint density at radius 1 is 1.12 bits per heavy atom. The fourth-order valence-corrected chi connectivity index (χ4v) is 1.98. The Kier molecular flexibility index (Phi) is 4.98. The largest absolute Gasteiger partial charge is 0.480 e. The Morgan fingerprint density at radius 2 is 1.75 bits per heavy atom. The maximum absolute atomic E-state index is 12.1. The van der Waals surface area contributed by atoms with Crippen LogP contribution in [-0.4, -0.2) is 33.9 Å². The highest BCUT2D eigenvalue weighted by Gasteiger charge is 2.17. The second kappa shape index (κ2) is 6.95. The van der Waals surface area contributed by atoms with E-state index in [0.29, 0.717) is 17.3 Å². The highest BCUT2D eigenvalue weighted by molar-refractivity contribution is 6.03. The van der Waals surface area contributed by atoms with Crippen molar-refractivity contribution in [2.24, 2.45) is 0 Å². The van der Waals surface area contributed by atoms with Gasteiger partial charge in [0.2, 0.25) is 5.76 Å². The van der Waals surface area contributed by atoms with Crippen LogP contribution in [0.4, 0.5) is 5.69 Å². The number of hydrogen-bond acceptors (Lipinski definition) is 5. The van der Waals surface area contributed by atoms with Gasteiger partial charge in [0.1, 0.15) is 6.04 Å². The number of anilines is 1. The fraction of sp³-hybridized carbons (Fsp3) is 0.250. The minimum atomic E-state index is -1.12. The summed E-state index contributed by atoms with van der Waals surface area (Å²) in [4.78, 5) is 38.7. The second-order valence-corrected chi connectivity index (χ2v) is 5.21. The number of aryl methyl sites for hydroxylation is 2. The minimum absolute atomic E-state index is 0.129. The average molecular weight is 331 g/mol. The molecular formula is C16H17N3O5.